The number of nitrogens with one attached hydrogen (secondary N) is 4. The number of likely N-dealkylation sites (N-methyl/N-ethyl adjacent to an activating group) is 7. The molecular formula is C67H121N12O15P. The summed E-state index contributed by atoms with van der Waals surface area (Å²) in [5.41, 5.74) is 0. The highest BCUT2D eigenvalue weighted by Crippen LogP contribution is 2.27. The molecule has 27 nitrogen and oxygen atoms in total. The van der Waals surface area contributed by atoms with Crippen LogP contribution < -0.4 is 21.3 Å². The molecule has 4 N–H and O–H groups in total. The van der Waals surface area contributed by atoms with Gasteiger partial charge in [0, 0.05) is 84.9 Å². The zero-order valence-corrected chi connectivity index (χ0v) is 62.7. The maximum Gasteiger partial charge on any atom is 0.246 e. The van der Waals surface area contributed by atoms with Crippen molar-refractivity contribution in [2.45, 2.75) is 234 Å². The summed E-state index contributed by atoms with van der Waals surface area (Å²) in [5.74, 6) is -10.2. The Kier molecular flexibility index (Phi) is 36.0. The molecule has 0 aromatic rings. The highest BCUT2D eigenvalue weighted by atomic mass is 31.0. The number of hydrogen-bond acceptors (Lipinski definition) is 16. The summed E-state index contributed by atoms with van der Waals surface area (Å²) in [7, 11) is 12.0. The molecule has 0 aliphatic carbocycles. The van der Waals surface area contributed by atoms with Gasteiger partial charge in [-0.25, -0.2) is 0 Å². The van der Waals surface area contributed by atoms with Crippen molar-refractivity contribution in [1.82, 2.24) is 60.5 Å². The summed E-state index contributed by atoms with van der Waals surface area (Å²) >= 11 is 0. The van der Waals surface area contributed by atoms with E-state index in [1.807, 2.05) is 41.5 Å². The van der Waals surface area contributed by atoms with Crippen LogP contribution in [0.25, 0.3) is 0 Å². The fourth-order valence-corrected chi connectivity index (χ4v) is 12.7. The summed E-state index contributed by atoms with van der Waals surface area (Å²) in [5, 5.41) is 11.1. The number of unbranched alkanes of at least 4 members (excludes halogenated alkanes) is 1. The first-order valence-electron chi connectivity index (χ1n) is 34.0. The van der Waals surface area contributed by atoms with E-state index in [0.29, 0.717) is 25.9 Å². The van der Waals surface area contributed by atoms with Crippen molar-refractivity contribution < 1.29 is 71.5 Å². The summed E-state index contributed by atoms with van der Waals surface area (Å²) in [6, 6.07) is -14.2. The van der Waals surface area contributed by atoms with E-state index in [0.717, 1.165) is 40.8 Å². The predicted molar refractivity (Wildman–Crippen MR) is 365 cm³/mol. The lowest BCUT2D eigenvalue weighted by molar-refractivity contribution is -0.157. The zero-order chi connectivity index (χ0) is 72.8. The number of aldehydes is 1. The van der Waals surface area contributed by atoms with Crippen LogP contribution in [0.2, 0.25) is 0 Å². The maximum atomic E-state index is 15.3. The Morgan fingerprint density at radius 2 is 0.979 bits per heavy atom. The number of hydrogen-bond donors (Lipinski definition) is 4. The molecule has 0 spiro atoms. The smallest absolute Gasteiger partial charge is 0.246 e. The van der Waals surface area contributed by atoms with Crippen molar-refractivity contribution in [2.24, 2.45) is 35.5 Å². The van der Waals surface area contributed by atoms with Gasteiger partial charge in [-0.05, 0) is 108 Å². The van der Waals surface area contributed by atoms with Gasteiger partial charge >= 0.3 is 0 Å². The minimum absolute atomic E-state index is 0.0170. The first-order valence-corrected chi connectivity index (χ1v) is 34.5. The molecule has 2 fully saturated rings. The third kappa shape index (κ3) is 24.0. The molecule has 2 aliphatic rings. The number of nitrogens with zero attached hydrogens (tertiary/aromatic N) is 8. The fraction of sp³-hybridized carbons (Fsp3) is 0.821. The monoisotopic (exact) mass is 1360 g/mol. The summed E-state index contributed by atoms with van der Waals surface area (Å²) in [6.07, 6.45) is 0.110. The second-order valence-corrected chi connectivity index (χ2v) is 28.5. The SMILES string of the molecule is CC[C@@H]1NC(=O)[C@H]([C@H](OP)[C@H](C)CC=O)N(C)C(=O)[C@H](C(C)C)N(C)C(=O)[C@H](CC(C)C)N(C)C(=O)[C@H](CC(C)C)N(C)C(=O)[C@@H](C)NC(=O)[C@H](C)NC(=O)[C@H](CC(C)C)N(C)C(=O)[C@H](C(C)C)NC(=O)[C@H]([C@@H](C)OCCCCN2CCOCC2)N(C)C(=O)[C@@H](C)N(C)C1=O. The van der Waals surface area contributed by atoms with E-state index < -0.39 is 161 Å². The first-order chi connectivity index (χ1) is 44.2. The maximum absolute atomic E-state index is 15.3. The minimum Gasteiger partial charge on any atom is -0.379 e. The van der Waals surface area contributed by atoms with Gasteiger partial charge in [0.1, 0.15) is 72.7 Å². The highest BCUT2D eigenvalue weighted by Gasteiger charge is 2.47. The van der Waals surface area contributed by atoms with Crippen LogP contribution in [0.5, 0.6) is 0 Å². The van der Waals surface area contributed by atoms with Crippen molar-refractivity contribution in [2.75, 3.05) is 88.8 Å². The van der Waals surface area contributed by atoms with E-state index in [1.165, 1.54) is 89.7 Å². The topological polar surface area (TPSA) is 307 Å². The molecule has 0 aromatic heterocycles. The van der Waals surface area contributed by atoms with Crippen LogP contribution in [0.15, 0.2) is 0 Å². The second kappa shape index (κ2) is 40.1. The van der Waals surface area contributed by atoms with Gasteiger partial charge in [0.25, 0.3) is 0 Å². The fourth-order valence-electron chi connectivity index (χ4n) is 12.3. The molecule has 2 saturated heterocycles. The van der Waals surface area contributed by atoms with Gasteiger partial charge in [0.15, 0.2) is 0 Å². The summed E-state index contributed by atoms with van der Waals surface area (Å²) in [6.45, 7) is 31.2. The normalized spacial score (nSPS) is 27.4. The molecular weight excluding hydrogens is 1240 g/mol. The Balaban J connectivity index is 3.02. The standard InChI is InChI=1S/C67H121N12O15P/c1-24-48-63(87)72(17)46(15)62(86)77(22)54(47(16)93-32-26-25-28-79-29-33-92-34-30-79)59(83)71-52(41(8)9)66(90)73(18)49(35-38(2)3)58(82)68-44(13)57(81)69-45(14)61(85)74(19)50(36-39(4)5)64(88)75(20)51(37-40(6)7)65(89)76(21)53(42(10)11)67(91)78(23)55(60(84)70-48)56(94-95)43(12)27-31-80/h31,38-56H,24-30,32-37,95H2,1-23H3,(H,68,82)(H,69,81)(H,70,84)(H,71,83)/t43-,44+,45-,46-,47-,48+,49+,50+,51+,52+,53+,54+,55+,56-/m1/s1. The van der Waals surface area contributed by atoms with Crippen molar-refractivity contribution in [3.8, 4) is 0 Å². The van der Waals surface area contributed by atoms with Gasteiger partial charge in [-0.3, -0.25) is 57.6 Å². The van der Waals surface area contributed by atoms with E-state index in [9.17, 15) is 33.6 Å². The Morgan fingerprint density at radius 1 is 0.505 bits per heavy atom. The molecule has 544 valence electrons. The van der Waals surface area contributed by atoms with Crippen LogP contribution in [0, 0.1) is 35.5 Å². The molecule has 11 amide bonds. The summed E-state index contributed by atoms with van der Waals surface area (Å²) in [4.78, 5) is 186. The van der Waals surface area contributed by atoms with E-state index >= 15 is 24.0 Å². The van der Waals surface area contributed by atoms with Gasteiger partial charge in [-0.1, -0.05) is 83.1 Å². The molecule has 1 unspecified atom stereocenters. The molecule has 2 aliphatic heterocycles. The van der Waals surface area contributed by atoms with Gasteiger partial charge < -0.3 is 74.4 Å². The molecule has 2 rings (SSSR count). The Hall–Kier alpha value is -5.89. The Labute approximate surface area is 569 Å². The number of rotatable bonds is 21. The van der Waals surface area contributed by atoms with Gasteiger partial charge in [0.2, 0.25) is 65.0 Å². The van der Waals surface area contributed by atoms with Gasteiger partial charge in [-0.15, -0.1) is 0 Å². The van der Waals surface area contributed by atoms with E-state index in [1.54, 1.807) is 48.5 Å². The van der Waals surface area contributed by atoms with Crippen LogP contribution in [0.1, 0.15) is 156 Å². The number of morpholine rings is 1. The highest BCUT2D eigenvalue weighted by molar-refractivity contribution is 7.09. The largest absolute Gasteiger partial charge is 0.379 e. The molecule has 2 heterocycles. The molecule has 0 bridgehead atoms. The lowest BCUT2D eigenvalue weighted by atomic mass is 9.91. The number of carbonyl (C=O) groups excluding carboxylic acids is 12. The van der Waals surface area contributed by atoms with Crippen molar-refractivity contribution in [3.05, 3.63) is 0 Å². The zero-order valence-electron chi connectivity index (χ0n) is 61.5. The lowest BCUT2D eigenvalue weighted by Crippen LogP contribution is -2.64. The molecule has 15 atom stereocenters. The lowest BCUT2D eigenvalue weighted by Gasteiger charge is -2.42. The van der Waals surface area contributed by atoms with Crippen molar-refractivity contribution in [1.29, 1.82) is 0 Å². The van der Waals surface area contributed by atoms with E-state index in [2.05, 4.69) is 35.6 Å². The van der Waals surface area contributed by atoms with Crippen LogP contribution >= 0.6 is 9.47 Å². The molecule has 0 radical (unpaired) electrons. The van der Waals surface area contributed by atoms with Crippen molar-refractivity contribution in [3.63, 3.8) is 0 Å². The van der Waals surface area contributed by atoms with Gasteiger partial charge in [-0.2, -0.15) is 0 Å². The Bertz CT molecular complexity index is 2570. The number of ether oxygens (including phenoxy) is 2. The quantitative estimate of drug-likeness (QED) is 0.0729. The average molecular weight is 1370 g/mol. The summed E-state index contributed by atoms with van der Waals surface area (Å²) < 4.78 is 17.7. The Morgan fingerprint density at radius 3 is 1.47 bits per heavy atom. The van der Waals surface area contributed by atoms with E-state index in [-0.39, 0.29) is 56.5 Å². The van der Waals surface area contributed by atoms with Crippen LogP contribution in [-0.2, 0) is 71.5 Å². The molecule has 0 aromatic carbocycles. The number of amides is 11. The third-order valence-corrected chi connectivity index (χ3v) is 18.7. The van der Waals surface area contributed by atoms with Crippen molar-refractivity contribution >= 4 is 80.7 Å². The minimum atomic E-state index is -1.55. The number of carbonyl (C=O) groups is 12. The van der Waals surface area contributed by atoms with Gasteiger partial charge in [0.05, 0.1) is 25.4 Å². The molecule has 0 saturated carbocycles. The average Bonchev–Trinajstić information content (AvgIpc) is 0.810. The molecule has 28 heteroatoms. The first kappa shape index (κ1) is 85.2. The van der Waals surface area contributed by atoms with Crippen LogP contribution in [0.3, 0.4) is 0 Å². The molecule has 95 heavy (non-hydrogen) atoms. The van der Waals surface area contributed by atoms with Crippen LogP contribution in [-0.4, -0.2) is 278 Å². The predicted octanol–water partition coefficient (Wildman–Crippen LogP) is 2.57. The van der Waals surface area contributed by atoms with Crippen LogP contribution in [0.4, 0.5) is 0 Å². The second-order valence-electron chi connectivity index (χ2n) is 28.2. The van der Waals surface area contributed by atoms with E-state index in [4.69, 9.17) is 14.0 Å². The third-order valence-electron chi connectivity index (χ3n) is 18.4.